The van der Waals surface area contributed by atoms with Gasteiger partial charge in [0.25, 0.3) is 0 Å². The number of hydrogen-bond acceptors (Lipinski definition) is 11. The van der Waals surface area contributed by atoms with Crippen molar-refractivity contribution in [3.63, 3.8) is 0 Å². The van der Waals surface area contributed by atoms with E-state index in [1.807, 2.05) is 0 Å². The lowest BCUT2D eigenvalue weighted by atomic mass is 9.99. The van der Waals surface area contributed by atoms with Gasteiger partial charge >= 0.3 is 16.4 Å². The van der Waals surface area contributed by atoms with Crippen molar-refractivity contribution in [1.82, 2.24) is 0 Å². The van der Waals surface area contributed by atoms with Crippen molar-refractivity contribution in [2.45, 2.75) is 218 Å². The minimum Gasteiger partial charge on any atom is -0.457 e. The highest BCUT2D eigenvalue weighted by atomic mass is 32.3. The number of ether oxygens (including phenoxy) is 4. The van der Waals surface area contributed by atoms with Crippen molar-refractivity contribution in [3.8, 4) is 0 Å². The Morgan fingerprint density at radius 3 is 1.45 bits per heavy atom. The van der Waals surface area contributed by atoms with Gasteiger partial charge in [-0.2, -0.15) is 8.42 Å². The molecule has 0 bridgehead atoms. The summed E-state index contributed by atoms with van der Waals surface area (Å²) in [6.07, 6.45) is 49.0. The number of hydrogen-bond donors (Lipinski definition) is 4. The molecule has 1 saturated heterocycles. The van der Waals surface area contributed by atoms with Gasteiger partial charge in [0.05, 0.1) is 19.8 Å². The second kappa shape index (κ2) is 43.6. The number of rotatable bonds is 43. The molecule has 0 radical (unpaired) electrons. The lowest BCUT2D eigenvalue weighted by molar-refractivity contribution is -0.301. The summed E-state index contributed by atoms with van der Waals surface area (Å²) in [6.45, 7) is 3.73. The fourth-order valence-electron chi connectivity index (χ4n) is 7.27. The summed E-state index contributed by atoms with van der Waals surface area (Å²) >= 11 is 0. The quantitative estimate of drug-likeness (QED) is 0.0197. The molecule has 0 saturated carbocycles. The summed E-state index contributed by atoms with van der Waals surface area (Å²) in [4.78, 5) is 12.9. The number of allylic oxidation sites excluding steroid dienone is 14. The molecule has 0 aromatic heterocycles. The molecule has 1 rings (SSSR count). The first-order valence-electron chi connectivity index (χ1n) is 25.3. The molecule has 1 aliphatic heterocycles. The van der Waals surface area contributed by atoms with E-state index < -0.39 is 59.8 Å². The van der Waals surface area contributed by atoms with Gasteiger partial charge in [-0.15, -0.1) is 0 Å². The van der Waals surface area contributed by atoms with Crippen LogP contribution in [0.3, 0.4) is 0 Å². The van der Waals surface area contributed by atoms with E-state index in [0.717, 1.165) is 109 Å². The van der Waals surface area contributed by atoms with Crippen LogP contribution in [0.5, 0.6) is 0 Å². The first-order chi connectivity index (χ1) is 32.1. The minimum atomic E-state index is -5.07. The van der Waals surface area contributed by atoms with Crippen molar-refractivity contribution in [2.24, 2.45) is 0 Å². The molecule has 6 unspecified atom stereocenters. The molecule has 0 aromatic carbocycles. The van der Waals surface area contributed by atoms with E-state index in [2.05, 4.69) is 103 Å². The Morgan fingerprint density at radius 1 is 0.576 bits per heavy atom. The largest absolute Gasteiger partial charge is 0.457 e. The molecule has 1 heterocycles. The van der Waals surface area contributed by atoms with Gasteiger partial charge in [-0.05, 0) is 83.5 Å². The first-order valence-corrected chi connectivity index (χ1v) is 26.7. The van der Waals surface area contributed by atoms with Crippen LogP contribution in [0.4, 0.5) is 0 Å². The maximum atomic E-state index is 12.9. The van der Waals surface area contributed by atoms with Gasteiger partial charge in [-0.25, -0.2) is 4.18 Å². The lowest BCUT2D eigenvalue weighted by Gasteiger charge is -2.41. The third kappa shape index (κ3) is 36.3. The predicted octanol–water partition coefficient (Wildman–Crippen LogP) is 11.6. The normalized spacial score (nSPS) is 20.2. The average molecular weight is 951 g/mol. The molecule has 66 heavy (non-hydrogen) atoms. The van der Waals surface area contributed by atoms with Crippen LogP contribution in [0.15, 0.2) is 85.1 Å². The maximum Gasteiger partial charge on any atom is 0.397 e. The van der Waals surface area contributed by atoms with Crippen molar-refractivity contribution in [2.75, 3.05) is 26.4 Å². The highest BCUT2D eigenvalue weighted by Crippen LogP contribution is 2.26. The van der Waals surface area contributed by atoms with Crippen molar-refractivity contribution in [1.29, 1.82) is 0 Å². The smallest absolute Gasteiger partial charge is 0.397 e. The van der Waals surface area contributed by atoms with E-state index in [0.29, 0.717) is 13.0 Å². The predicted molar refractivity (Wildman–Crippen MR) is 266 cm³/mol. The third-order valence-electron chi connectivity index (χ3n) is 11.0. The van der Waals surface area contributed by atoms with E-state index in [1.165, 1.54) is 44.9 Å². The Bertz CT molecular complexity index is 1470. The molecule has 1 fully saturated rings. The summed E-state index contributed by atoms with van der Waals surface area (Å²) < 4.78 is 59.2. The Labute approximate surface area is 400 Å². The zero-order valence-corrected chi connectivity index (χ0v) is 41.5. The standard InChI is InChI=1S/C53H90O12S/c1-3-5-7-9-11-13-15-17-19-21-22-23-24-25-26-27-28-30-32-34-36-38-40-42-49(55)63-47(46-62-53-51(57)52(65-66(58,59)60)50(56)48(44-54)64-53)45-61-43-41-39-37-35-33-31-29-20-18-16-14-12-10-8-6-4-2/h5-8,11-14,17-20,22-23,47-48,50-54,56-57H,3-4,9-10,15-16,21,24-46H2,1-2H3,(H,58,59,60)/b7-5-,8-6-,13-11-,14-12-,19-17-,20-18-,23-22-. The maximum absolute atomic E-state index is 12.9. The highest BCUT2D eigenvalue weighted by molar-refractivity contribution is 7.80. The molecule has 13 heteroatoms. The summed E-state index contributed by atoms with van der Waals surface area (Å²) in [5, 5.41) is 30.7. The molecular weight excluding hydrogens is 861 g/mol. The van der Waals surface area contributed by atoms with Gasteiger partial charge in [0.2, 0.25) is 0 Å². The SMILES string of the molecule is CC/C=C\C/C=C\C/C=C\C/C=C\CCCCCCCCCCCCC(=O)OC(COCCCCCCCC/C=C\C/C=C\C/C=C\CC)COC1OC(CO)C(O)C(OS(=O)(=O)O)C1O. The van der Waals surface area contributed by atoms with Crippen LogP contribution in [0.25, 0.3) is 0 Å². The van der Waals surface area contributed by atoms with Gasteiger partial charge in [0, 0.05) is 13.0 Å². The Kier molecular flexibility index (Phi) is 40.4. The number of unbranched alkanes of at least 4 members (excludes halogenated alkanes) is 16. The topological polar surface area (TPSA) is 178 Å². The van der Waals surface area contributed by atoms with Gasteiger partial charge in [0.15, 0.2) is 6.29 Å². The van der Waals surface area contributed by atoms with E-state index in [9.17, 15) is 33.1 Å². The molecule has 0 aliphatic carbocycles. The molecule has 0 amide bonds. The van der Waals surface area contributed by atoms with Gasteiger partial charge < -0.3 is 34.3 Å². The number of aliphatic hydroxyl groups excluding tert-OH is 3. The zero-order chi connectivity index (χ0) is 48.2. The number of carbonyl (C=O) groups excluding carboxylic acids is 1. The van der Waals surface area contributed by atoms with Crippen LogP contribution < -0.4 is 0 Å². The Morgan fingerprint density at radius 2 is 1.00 bits per heavy atom. The van der Waals surface area contributed by atoms with Gasteiger partial charge in [0.1, 0.15) is 30.5 Å². The van der Waals surface area contributed by atoms with Crippen LogP contribution in [0, 0.1) is 0 Å². The van der Waals surface area contributed by atoms with Crippen LogP contribution in [0.2, 0.25) is 0 Å². The molecular formula is C53H90O12S. The van der Waals surface area contributed by atoms with Crippen LogP contribution in [-0.4, -0.2) is 97.5 Å². The van der Waals surface area contributed by atoms with E-state index >= 15 is 0 Å². The Balaban J connectivity index is 2.37. The summed E-state index contributed by atoms with van der Waals surface area (Å²) in [5.41, 5.74) is 0. The minimum absolute atomic E-state index is 0.0208. The van der Waals surface area contributed by atoms with E-state index in [-0.39, 0.29) is 19.6 Å². The second-order valence-electron chi connectivity index (χ2n) is 17.0. The Hall–Kier alpha value is -2.72. The second-order valence-corrected chi connectivity index (χ2v) is 18.0. The number of carbonyl (C=O) groups is 1. The monoisotopic (exact) mass is 951 g/mol. The highest BCUT2D eigenvalue weighted by Gasteiger charge is 2.48. The van der Waals surface area contributed by atoms with Crippen molar-refractivity contribution in [3.05, 3.63) is 85.1 Å². The molecule has 12 nitrogen and oxygen atoms in total. The molecule has 0 aromatic rings. The molecule has 4 N–H and O–H groups in total. The van der Waals surface area contributed by atoms with Gasteiger partial charge in [-0.3, -0.25) is 9.35 Å². The molecule has 1 aliphatic rings. The first kappa shape index (κ1) is 61.3. The average Bonchev–Trinajstić information content (AvgIpc) is 3.29. The van der Waals surface area contributed by atoms with Crippen LogP contribution >= 0.6 is 0 Å². The van der Waals surface area contributed by atoms with Crippen LogP contribution in [0.1, 0.15) is 181 Å². The third-order valence-corrected chi connectivity index (χ3v) is 11.5. The van der Waals surface area contributed by atoms with Gasteiger partial charge in [-0.1, -0.05) is 176 Å². The lowest BCUT2D eigenvalue weighted by Crippen LogP contribution is -2.60. The van der Waals surface area contributed by atoms with E-state index in [1.54, 1.807) is 0 Å². The summed E-state index contributed by atoms with van der Waals surface area (Å²) in [5.74, 6) is -0.412. The number of esters is 1. The fourth-order valence-corrected chi connectivity index (χ4v) is 7.77. The molecule has 380 valence electrons. The van der Waals surface area contributed by atoms with E-state index in [4.69, 9.17) is 18.9 Å². The molecule has 6 atom stereocenters. The van der Waals surface area contributed by atoms with Crippen molar-refractivity contribution < 1.29 is 56.2 Å². The fraction of sp³-hybridized carbons (Fsp3) is 0.717. The zero-order valence-electron chi connectivity index (χ0n) is 40.7. The van der Waals surface area contributed by atoms with Crippen LogP contribution in [-0.2, 0) is 38.3 Å². The summed E-state index contributed by atoms with van der Waals surface area (Å²) in [7, 11) is -5.07. The number of aliphatic hydroxyl groups is 3. The van der Waals surface area contributed by atoms with Crippen molar-refractivity contribution >= 4 is 16.4 Å². The molecule has 0 spiro atoms. The summed E-state index contributed by atoms with van der Waals surface area (Å²) in [6, 6.07) is 0.